The highest BCUT2D eigenvalue weighted by atomic mass is 35.5. The van der Waals surface area contributed by atoms with E-state index in [9.17, 15) is 4.79 Å². The second kappa shape index (κ2) is 2.75. The number of halogens is 1. The highest BCUT2D eigenvalue weighted by Gasteiger charge is 2.03. The maximum absolute atomic E-state index is 10.8. The quantitative estimate of drug-likeness (QED) is 0.630. The van der Waals surface area contributed by atoms with Gasteiger partial charge in [0.05, 0.1) is 5.02 Å². The molecular formula is C6H7ClN2O. The summed E-state index contributed by atoms with van der Waals surface area (Å²) in [4.78, 5) is 13.5. The Labute approximate surface area is 63.4 Å². The molecule has 0 saturated carbocycles. The van der Waals surface area contributed by atoms with Crippen molar-refractivity contribution < 1.29 is 4.79 Å². The molecule has 0 aliphatic carbocycles. The summed E-state index contributed by atoms with van der Waals surface area (Å²) < 4.78 is 0. The summed E-state index contributed by atoms with van der Waals surface area (Å²) in [6, 6.07) is 1.57. The molecular weight excluding hydrogens is 152 g/mol. The summed E-state index contributed by atoms with van der Waals surface area (Å²) >= 11 is 5.55. The van der Waals surface area contributed by atoms with Gasteiger partial charge in [-0.3, -0.25) is 4.79 Å². The Balaban J connectivity index is 2.85. The van der Waals surface area contributed by atoms with Crippen LogP contribution >= 0.6 is 11.6 Å². The first-order valence-electron chi connectivity index (χ1n) is 2.80. The average Bonchev–Trinajstić information content (AvgIpc) is 2.34. The molecule has 2 N–H and O–H groups in total. The first-order valence-corrected chi connectivity index (χ1v) is 3.18. The SMILES string of the molecule is CNC(=O)c1cc(Cl)c[nH]1. The van der Waals surface area contributed by atoms with E-state index in [1.165, 1.54) is 0 Å². The highest BCUT2D eigenvalue weighted by Crippen LogP contribution is 2.08. The summed E-state index contributed by atoms with van der Waals surface area (Å²) in [6.07, 6.45) is 1.56. The van der Waals surface area contributed by atoms with Crippen molar-refractivity contribution in [3.63, 3.8) is 0 Å². The van der Waals surface area contributed by atoms with E-state index in [4.69, 9.17) is 11.6 Å². The second-order valence-electron chi connectivity index (χ2n) is 1.81. The molecule has 0 radical (unpaired) electrons. The summed E-state index contributed by atoms with van der Waals surface area (Å²) in [6.45, 7) is 0. The predicted octanol–water partition coefficient (Wildman–Crippen LogP) is 1.03. The molecule has 1 aromatic heterocycles. The van der Waals surface area contributed by atoms with Gasteiger partial charge in [0.2, 0.25) is 0 Å². The fourth-order valence-corrected chi connectivity index (χ4v) is 0.797. The molecule has 10 heavy (non-hydrogen) atoms. The van der Waals surface area contributed by atoms with Crippen LogP contribution in [0.4, 0.5) is 0 Å². The van der Waals surface area contributed by atoms with Crippen molar-refractivity contribution in [2.24, 2.45) is 0 Å². The van der Waals surface area contributed by atoms with Crippen LogP contribution < -0.4 is 5.32 Å². The number of H-pyrrole nitrogens is 1. The van der Waals surface area contributed by atoms with Gasteiger partial charge in [-0.2, -0.15) is 0 Å². The van der Waals surface area contributed by atoms with E-state index in [2.05, 4.69) is 10.3 Å². The number of aromatic amines is 1. The number of hydrogen-bond donors (Lipinski definition) is 2. The molecule has 0 aliphatic heterocycles. The molecule has 0 aliphatic rings. The molecule has 1 aromatic rings. The number of nitrogens with one attached hydrogen (secondary N) is 2. The van der Waals surface area contributed by atoms with Gasteiger partial charge in [-0.05, 0) is 6.07 Å². The molecule has 4 heteroatoms. The van der Waals surface area contributed by atoms with Crippen LogP contribution in [0.15, 0.2) is 12.3 Å². The maximum atomic E-state index is 10.8. The van der Waals surface area contributed by atoms with Crippen LogP contribution in [-0.2, 0) is 0 Å². The summed E-state index contributed by atoms with van der Waals surface area (Å²) in [5.74, 6) is -0.160. The van der Waals surface area contributed by atoms with Crippen LogP contribution in [0.5, 0.6) is 0 Å². The normalized spacial score (nSPS) is 9.40. The fourth-order valence-electron chi connectivity index (χ4n) is 0.634. The molecule has 0 spiro atoms. The molecule has 0 saturated heterocycles. The van der Waals surface area contributed by atoms with Crippen molar-refractivity contribution in [3.8, 4) is 0 Å². The summed E-state index contributed by atoms with van der Waals surface area (Å²) in [5, 5.41) is 3.01. The van der Waals surface area contributed by atoms with Crippen LogP contribution in [0.25, 0.3) is 0 Å². The molecule has 1 heterocycles. The Morgan fingerprint density at radius 1 is 1.80 bits per heavy atom. The van der Waals surface area contributed by atoms with Crippen molar-refractivity contribution >= 4 is 17.5 Å². The number of carbonyl (C=O) groups excluding carboxylic acids is 1. The number of rotatable bonds is 1. The Bertz CT molecular complexity index is 244. The zero-order valence-corrected chi connectivity index (χ0v) is 6.20. The van der Waals surface area contributed by atoms with E-state index in [0.717, 1.165) is 0 Å². The molecule has 1 amide bonds. The van der Waals surface area contributed by atoms with Gasteiger partial charge in [-0.25, -0.2) is 0 Å². The third-order valence-electron chi connectivity index (χ3n) is 1.12. The van der Waals surface area contributed by atoms with Crippen LogP contribution in [0.1, 0.15) is 10.5 Å². The van der Waals surface area contributed by atoms with Crippen LogP contribution in [-0.4, -0.2) is 17.9 Å². The maximum Gasteiger partial charge on any atom is 0.267 e. The topological polar surface area (TPSA) is 44.9 Å². The first kappa shape index (κ1) is 7.15. The van der Waals surface area contributed by atoms with Crippen molar-refractivity contribution in [3.05, 3.63) is 23.0 Å². The zero-order valence-electron chi connectivity index (χ0n) is 5.44. The molecule has 0 unspecified atom stereocenters. The van der Waals surface area contributed by atoms with Gasteiger partial charge in [-0.1, -0.05) is 11.6 Å². The van der Waals surface area contributed by atoms with Gasteiger partial charge < -0.3 is 10.3 Å². The lowest BCUT2D eigenvalue weighted by Crippen LogP contribution is -2.17. The number of aromatic nitrogens is 1. The van der Waals surface area contributed by atoms with Gasteiger partial charge in [-0.15, -0.1) is 0 Å². The third kappa shape index (κ3) is 1.30. The smallest absolute Gasteiger partial charge is 0.267 e. The number of carbonyl (C=O) groups is 1. The van der Waals surface area contributed by atoms with Crippen molar-refractivity contribution in [1.82, 2.24) is 10.3 Å². The van der Waals surface area contributed by atoms with Gasteiger partial charge in [0.25, 0.3) is 5.91 Å². The van der Waals surface area contributed by atoms with Gasteiger partial charge >= 0.3 is 0 Å². The van der Waals surface area contributed by atoms with Crippen LogP contribution in [0.2, 0.25) is 5.02 Å². The monoisotopic (exact) mass is 158 g/mol. The highest BCUT2D eigenvalue weighted by molar-refractivity contribution is 6.30. The van der Waals surface area contributed by atoms with E-state index in [0.29, 0.717) is 10.7 Å². The number of amides is 1. The minimum Gasteiger partial charge on any atom is -0.356 e. The first-order chi connectivity index (χ1) is 4.74. The lowest BCUT2D eigenvalue weighted by Gasteiger charge is -1.91. The molecule has 3 nitrogen and oxygen atoms in total. The standard InChI is InChI=1S/C6H7ClN2O/c1-8-6(10)5-2-4(7)3-9-5/h2-3,9H,1H3,(H,8,10). The van der Waals surface area contributed by atoms with Crippen molar-refractivity contribution in [2.75, 3.05) is 7.05 Å². The van der Waals surface area contributed by atoms with E-state index < -0.39 is 0 Å². The molecule has 0 fully saturated rings. The van der Waals surface area contributed by atoms with Crippen molar-refractivity contribution in [2.45, 2.75) is 0 Å². The van der Waals surface area contributed by atoms with Gasteiger partial charge in [0.15, 0.2) is 0 Å². The summed E-state index contributed by atoms with van der Waals surface area (Å²) in [7, 11) is 1.57. The largest absolute Gasteiger partial charge is 0.356 e. The minimum atomic E-state index is -0.160. The lowest BCUT2D eigenvalue weighted by atomic mass is 10.4. The average molecular weight is 159 g/mol. The lowest BCUT2D eigenvalue weighted by molar-refractivity contribution is 0.0959. The van der Waals surface area contributed by atoms with E-state index >= 15 is 0 Å². The molecule has 0 bridgehead atoms. The molecule has 0 aromatic carbocycles. The third-order valence-corrected chi connectivity index (χ3v) is 1.34. The Morgan fingerprint density at radius 2 is 2.50 bits per heavy atom. The van der Waals surface area contributed by atoms with E-state index in [1.807, 2.05) is 0 Å². The predicted molar refractivity (Wildman–Crippen MR) is 39.2 cm³/mol. The zero-order chi connectivity index (χ0) is 7.56. The molecule has 0 atom stereocenters. The minimum absolute atomic E-state index is 0.160. The molecule has 1 rings (SSSR count). The Hall–Kier alpha value is -0.960. The summed E-state index contributed by atoms with van der Waals surface area (Å²) in [5.41, 5.74) is 0.479. The van der Waals surface area contributed by atoms with E-state index in [1.54, 1.807) is 19.3 Å². The Morgan fingerprint density at radius 3 is 2.90 bits per heavy atom. The van der Waals surface area contributed by atoms with Gasteiger partial charge in [0.1, 0.15) is 5.69 Å². The fraction of sp³-hybridized carbons (Fsp3) is 0.167. The number of hydrogen-bond acceptors (Lipinski definition) is 1. The van der Waals surface area contributed by atoms with E-state index in [-0.39, 0.29) is 5.91 Å². The Kier molecular flexibility index (Phi) is 1.97. The second-order valence-corrected chi connectivity index (χ2v) is 2.25. The van der Waals surface area contributed by atoms with Crippen LogP contribution in [0, 0.1) is 0 Å². The van der Waals surface area contributed by atoms with Crippen molar-refractivity contribution in [1.29, 1.82) is 0 Å². The van der Waals surface area contributed by atoms with Gasteiger partial charge in [0, 0.05) is 13.2 Å². The van der Waals surface area contributed by atoms with Crippen LogP contribution in [0.3, 0.4) is 0 Å². The molecule has 54 valence electrons.